The summed E-state index contributed by atoms with van der Waals surface area (Å²) < 4.78 is 16.1. The summed E-state index contributed by atoms with van der Waals surface area (Å²) in [5, 5.41) is 8.74. The van der Waals surface area contributed by atoms with Crippen molar-refractivity contribution in [3.05, 3.63) is 59.1 Å². The number of para-hydroxylation sites is 1. The number of fused-ring (bicyclic) bond motifs is 3. The summed E-state index contributed by atoms with van der Waals surface area (Å²) in [5.41, 5.74) is 1.74. The highest BCUT2D eigenvalue weighted by Gasteiger charge is 2.16. The van der Waals surface area contributed by atoms with Crippen LogP contribution >= 0.6 is 15.9 Å². The molecule has 23 heavy (non-hydrogen) atoms. The predicted molar refractivity (Wildman–Crippen MR) is 90.5 cm³/mol. The molecular weight excluding hydrogens is 361 g/mol. The van der Waals surface area contributed by atoms with Crippen molar-refractivity contribution in [3.8, 4) is 0 Å². The van der Waals surface area contributed by atoms with Crippen LogP contribution in [0.25, 0.3) is 16.7 Å². The van der Waals surface area contributed by atoms with E-state index in [4.69, 9.17) is 0 Å². The van der Waals surface area contributed by atoms with Gasteiger partial charge in [0.2, 0.25) is 4.73 Å². The Balaban J connectivity index is 2.06. The van der Waals surface area contributed by atoms with Gasteiger partial charge in [-0.1, -0.05) is 18.2 Å². The number of hydrogen-bond acceptors (Lipinski definition) is 4. The maximum atomic E-state index is 13.8. The third-order valence-corrected chi connectivity index (χ3v) is 4.23. The van der Waals surface area contributed by atoms with E-state index in [0.717, 1.165) is 11.2 Å². The minimum absolute atomic E-state index is 0.314. The van der Waals surface area contributed by atoms with Gasteiger partial charge in [0.05, 0.1) is 5.52 Å². The number of rotatable bonds is 2. The van der Waals surface area contributed by atoms with E-state index in [1.165, 1.54) is 12.1 Å². The summed E-state index contributed by atoms with van der Waals surface area (Å²) in [4.78, 5) is 6.47. The van der Waals surface area contributed by atoms with Crippen LogP contribution in [0.15, 0.2) is 53.3 Å². The van der Waals surface area contributed by atoms with Gasteiger partial charge in [-0.05, 0) is 46.3 Å². The Hall–Kier alpha value is -2.54. The average Bonchev–Trinajstić information content (AvgIpc) is 2.95. The summed E-state index contributed by atoms with van der Waals surface area (Å²) in [5.74, 6) is 0.762. The van der Waals surface area contributed by atoms with Crippen molar-refractivity contribution < 1.29 is 4.39 Å². The van der Waals surface area contributed by atoms with Gasteiger partial charge < -0.3 is 4.90 Å². The molecule has 0 bridgehead atoms. The lowest BCUT2D eigenvalue weighted by Gasteiger charge is -2.20. The molecule has 7 heteroatoms. The fourth-order valence-corrected chi connectivity index (χ4v) is 3.03. The quantitative estimate of drug-likeness (QED) is 0.535. The van der Waals surface area contributed by atoms with Crippen molar-refractivity contribution in [2.24, 2.45) is 0 Å². The Morgan fingerprint density at radius 2 is 1.87 bits per heavy atom. The number of aromatic nitrogens is 4. The molecular formula is C16H11BrFN5. The van der Waals surface area contributed by atoms with Gasteiger partial charge in [-0.2, -0.15) is 4.98 Å². The van der Waals surface area contributed by atoms with Crippen molar-refractivity contribution in [2.75, 3.05) is 11.9 Å². The predicted octanol–water partition coefficient (Wildman–Crippen LogP) is 3.95. The lowest BCUT2D eigenvalue weighted by Crippen LogP contribution is -2.13. The van der Waals surface area contributed by atoms with Gasteiger partial charge in [-0.3, -0.25) is 4.40 Å². The van der Waals surface area contributed by atoms with Crippen LogP contribution in [0.2, 0.25) is 0 Å². The average molecular weight is 372 g/mol. The van der Waals surface area contributed by atoms with E-state index in [-0.39, 0.29) is 5.82 Å². The molecule has 0 saturated carbocycles. The SMILES string of the molecule is CN(c1ccccc1)c1nc2nnc(Br)n2c2ccc(F)cc12. The Kier molecular flexibility index (Phi) is 3.23. The molecule has 0 radical (unpaired) electrons. The zero-order chi connectivity index (χ0) is 16.0. The van der Waals surface area contributed by atoms with E-state index in [2.05, 4.69) is 31.1 Å². The first-order valence-electron chi connectivity index (χ1n) is 6.94. The highest BCUT2D eigenvalue weighted by molar-refractivity contribution is 9.10. The number of halogens is 2. The topological polar surface area (TPSA) is 46.3 Å². The van der Waals surface area contributed by atoms with Gasteiger partial charge in [0.25, 0.3) is 5.78 Å². The van der Waals surface area contributed by atoms with Crippen LogP contribution in [0.3, 0.4) is 0 Å². The molecule has 0 aliphatic rings. The standard InChI is InChI=1S/C16H11BrFN5/c1-22(11-5-3-2-4-6-11)14-12-9-10(18)7-8-13(12)23-15(17)20-21-16(23)19-14/h2-9H,1H3. The highest BCUT2D eigenvalue weighted by Crippen LogP contribution is 2.31. The van der Waals surface area contributed by atoms with E-state index < -0.39 is 0 Å². The van der Waals surface area contributed by atoms with Crippen molar-refractivity contribution in [2.45, 2.75) is 0 Å². The van der Waals surface area contributed by atoms with Gasteiger partial charge in [-0.15, -0.1) is 10.2 Å². The second kappa shape index (κ2) is 5.27. The second-order valence-electron chi connectivity index (χ2n) is 5.10. The first kappa shape index (κ1) is 14.1. The number of benzene rings is 2. The zero-order valence-corrected chi connectivity index (χ0v) is 13.7. The lowest BCUT2D eigenvalue weighted by molar-refractivity contribution is 0.629. The molecule has 0 saturated heterocycles. The third kappa shape index (κ3) is 2.24. The first-order valence-corrected chi connectivity index (χ1v) is 7.73. The fourth-order valence-electron chi connectivity index (χ4n) is 2.60. The van der Waals surface area contributed by atoms with Crippen molar-refractivity contribution in [1.82, 2.24) is 19.6 Å². The molecule has 2 heterocycles. The molecule has 114 valence electrons. The molecule has 0 atom stereocenters. The minimum Gasteiger partial charge on any atom is -0.329 e. The van der Waals surface area contributed by atoms with Gasteiger partial charge in [-0.25, -0.2) is 4.39 Å². The van der Waals surface area contributed by atoms with Crippen LogP contribution in [0.5, 0.6) is 0 Å². The maximum absolute atomic E-state index is 13.8. The molecule has 0 fully saturated rings. The van der Waals surface area contributed by atoms with Crippen LogP contribution < -0.4 is 4.90 Å². The maximum Gasteiger partial charge on any atom is 0.258 e. The Morgan fingerprint density at radius 3 is 2.65 bits per heavy atom. The molecule has 0 N–H and O–H groups in total. The molecule has 2 aromatic carbocycles. The minimum atomic E-state index is -0.314. The van der Waals surface area contributed by atoms with Crippen LogP contribution in [0.4, 0.5) is 15.9 Å². The summed E-state index contributed by atoms with van der Waals surface area (Å²) in [6, 6.07) is 14.4. The zero-order valence-electron chi connectivity index (χ0n) is 12.1. The van der Waals surface area contributed by atoms with E-state index in [1.54, 1.807) is 10.5 Å². The Morgan fingerprint density at radius 1 is 1.09 bits per heavy atom. The Labute approximate surface area is 139 Å². The number of hydrogen-bond donors (Lipinski definition) is 0. The van der Waals surface area contributed by atoms with Gasteiger partial charge in [0.15, 0.2) is 0 Å². The lowest BCUT2D eigenvalue weighted by atomic mass is 10.2. The molecule has 0 unspecified atom stereocenters. The van der Waals surface area contributed by atoms with Gasteiger partial charge in [0, 0.05) is 18.1 Å². The highest BCUT2D eigenvalue weighted by atomic mass is 79.9. The first-order chi connectivity index (χ1) is 11.1. The molecule has 4 rings (SSSR count). The van der Waals surface area contributed by atoms with Crippen molar-refractivity contribution in [3.63, 3.8) is 0 Å². The normalized spacial score (nSPS) is 11.3. The third-order valence-electron chi connectivity index (χ3n) is 3.71. The summed E-state index contributed by atoms with van der Waals surface area (Å²) in [6.07, 6.45) is 0. The molecule has 0 aliphatic carbocycles. The number of nitrogens with zero attached hydrogens (tertiary/aromatic N) is 5. The van der Waals surface area contributed by atoms with E-state index >= 15 is 0 Å². The number of anilines is 2. The summed E-state index contributed by atoms with van der Waals surface area (Å²) in [6.45, 7) is 0. The molecule has 0 spiro atoms. The van der Waals surface area contributed by atoms with Crippen molar-refractivity contribution >= 4 is 44.1 Å². The van der Waals surface area contributed by atoms with Crippen LogP contribution in [0, 0.1) is 5.82 Å². The largest absolute Gasteiger partial charge is 0.329 e. The smallest absolute Gasteiger partial charge is 0.258 e. The fraction of sp³-hybridized carbons (Fsp3) is 0.0625. The van der Waals surface area contributed by atoms with Crippen molar-refractivity contribution in [1.29, 1.82) is 0 Å². The van der Waals surface area contributed by atoms with Crippen LogP contribution in [-0.4, -0.2) is 26.6 Å². The summed E-state index contributed by atoms with van der Waals surface area (Å²) >= 11 is 3.36. The van der Waals surface area contributed by atoms with E-state index in [0.29, 0.717) is 21.7 Å². The Bertz CT molecular complexity index is 1020. The molecule has 4 aromatic rings. The molecule has 0 amide bonds. The van der Waals surface area contributed by atoms with Gasteiger partial charge in [0.1, 0.15) is 11.6 Å². The molecule has 5 nitrogen and oxygen atoms in total. The van der Waals surface area contributed by atoms with E-state index in [1.807, 2.05) is 42.3 Å². The molecule has 2 aromatic heterocycles. The van der Waals surface area contributed by atoms with E-state index in [9.17, 15) is 4.39 Å². The van der Waals surface area contributed by atoms with Gasteiger partial charge >= 0.3 is 0 Å². The second-order valence-corrected chi connectivity index (χ2v) is 5.81. The monoisotopic (exact) mass is 371 g/mol. The summed E-state index contributed by atoms with van der Waals surface area (Å²) in [7, 11) is 1.89. The van der Waals surface area contributed by atoms with Crippen LogP contribution in [-0.2, 0) is 0 Å². The molecule has 0 aliphatic heterocycles. The van der Waals surface area contributed by atoms with Crippen LogP contribution in [0.1, 0.15) is 0 Å².